The second-order valence-electron chi connectivity index (χ2n) is 6.93. The monoisotopic (exact) mass is 454 g/mol. The molecule has 1 aliphatic rings. The highest BCUT2D eigenvalue weighted by molar-refractivity contribution is 6.33. The van der Waals surface area contributed by atoms with Gasteiger partial charge in [-0.25, -0.2) is 9.36 Å². The van der Waals surface area contributed by atoms with Crippen LogP contribution in [0.2, 0.25) is 10.0 Å². The van der Waals surface area contributed by atoms with Crippen molar-refractivity contribution in [1.29, 1.82) is 0 Å². The fraction of sp³-hybridized carbons (Fsp3) is 0.0909. The molecule has 0 aliphatic carbocycles. The molecule has 9 heteroatoms. The topological polar surface area (TPSA) is 87.5 Å². The van der Waals surface area contributed by atoms with Crippen LogP contribution in [0.5, 0.6) is 0 Å². The van der Waals surface area contributed by atoms with Gasteiger partial charge in [0.15, 0.2) is 0 Å². The Morgan fingerprint density at radius 3 is 2.19 bits per heavy atom. The Labute approximate surface area is 186 Å². The molecule has 1 amide bonds. The molecule has 4 rings (SSSR count). The minimum atomic E-state index is -0.601. The van der Waals surface area contributed by atoms with Crippen molar-refractivity contribution in [2.24, 2.45) is 5.10 Å². The summed E-state index contributed by atoms with van der Waals surface area (Å²) in [5.41, 5.74) is 0.840. The third kappa shape index (κ3) is 3.85. The van der Waals surface area contributed by atoms with Gasteiger partial charge in [0.1, 0.15) is 0 Å². The number of hydrogen-bond acceptors (Lipinski definition) is 4. The summed E-state index contributed by atoms with van der Waals surface area (Å²) in [7, 11) is 0. The van der Waals surface area contributed by atoms with Crippen LogP contribution in [0.4, 0.5) is 5.69 Å². The van der Waals surface area contributed by atoms with E-state index in [4.69, 9.17) is 23.2 Å². The smallest absolute Gasteiger partial charge is 0.310 e. The van der Waals surface area contributed by atoms with E-state index in [0.29, 0.717) is 32.8 Å². The second kappa shape index (κ2) is 8.02. The number of hydrogen-bond donors (Lipinski definition) is 1. The summed E-state index contributed by atoms with van der Waals surface area (Å²) in [5, 5.41) is 6.38. The largest absolute Gasteiger partial charge is 0.333 e. The third-order valence-corrected chi connectivity index (χ3v) is 5.28. The van der Waals surface area contributed by atoms with E-state index in [1.165, 1.54) is 17.2 Å². The van der Waals surface area contributed by atoms with E-state index in [1.807, 2.05) is 0 Å². The predicted octanol–water partition coefficient (Wildman–Crippen LogP) is 3.95. The van der Waals surface area contributed by atoms with Crippen LogP contribution in [-0.2, 0) is 4.79 Å². The zero-order valence-corrected chi connectivity index (χ0v) is 18.0. The van der Waals surface area contributed by atoms with Gasteiger partial charge in [-0.2, -0.15) is 10.1 Å². The van der Waals surface area contributed by atoms with E-state index in [9.17, 15) is 14.4 Å². The maximum atomic E-state index is 13.2. The molecule has 7 nitrogen and oxygen atoms in total. The Morgan fingerprint density at radius 1 is 0.935 bits per heavy atom. The van der Waals surface area contributed by atoms with Gasteiger partial charge in [-0.05, 0) is 56.3 Å². The summed E-state index contributed by atoms with van der Waals surface area (Å²) in [5.74, 6) is -0.404. The van der Waals surface area contributed by atoms with Crippen LogP contribution in [0.1, 0.15) is 18.2 Å². The lowest BCUT2D eigenvalue weighted by molar-refractivity contribution is -0.114. The van der Waals surface area contributed by atoms with Gasteiger partial charge in [0.05, 0.1) is 28.2 Å². The summed E-state index contributed by atoms with van der Waals surface area (Å²) < 4.78 is 0.978. The molecule has 0 saturated heterocycles. The van der Waals surface area contributed by atoms with Gasteiger partial charge in [-0.15, -0.1) is 0 Å². The van der Waals surface area contributed by atoms with Crippen LogP contribution in [-0.4, -0.2) is 21.2 Å². The molecule has 0 radical (unpaired) electrons. The molecule has 0 unspecified atom stereocenters. The van der Waals surface area contributed by atoms with Crippen molar-refractivity contribution in [2.75, 3.05) is 5.01 Å². The van der Waals surface area contributed by atoms with Crippen LogP contribution >= 0.6 is 23.2 Å². The Balaban J connectivity index is 1.83. The number of anilines is 1. The highest BCUT2D eigenvalue weighted by Crippen LogP contribution is 2.27. The number of halogens is 2. The molecule has 31 heavy (non-hydrogen) atoms. The number of aryl methyl sites for hydroxylation is 1. The summed E-state index contributed by atoms with van der Waals surface area (Å²) >= 11 is 12.0. The second-order valence-corrected chi connectivity index (χ2v) is 7.80. The first-order valence-corrected chi connectivity index (χ1v) is 10.0. The Hall–Kier alpha value is -3.42. The van der Waals surface area contributed by atoms with E-state index in [0.717, 1.165) is 4.57 Å². The van der Waals surface area contributed by atoms with E-state index in [1.54, 1.807) is 56.3 Å². The van der Waals surface area contributed by atoms with Crippen LogP contribution in [0.3, 0.4) is 0 Å². The van der Waals surface area contributed by atoms with Gasteiger partial charge >= 0.3 is 5.69 Å². The van der Waals surface area contributed by atoms with Crippen molar-refractivity contribution >= 4 is 46.6 Å². The molecule has 1 N–H and O–H groups in total. The highest BCUT2D eigenvalue weighted by atomic mass is 35.5. The first-order valence-electron chi connectivity index (χ1n) is 9.25. The summed E-state index contributed by atoms with van der Waals surface area (Å²) in [6, 6.07) is 13.1. The molecule has 1 aromatic heterocycles. The van der Waals surface area contributed by atoms with Crippen LogP contribution in [0.15, 0.2) is 68.8 Å². The number of amides is 1. The van der Waals surface area contributed by atoms with Crippen LogP contribution in [0.25, 0.3) is 11.8 Å². The van der Waals surface area contributed by atoms with Crippen molar-refractivity contribution in [3.05, 3.63) is 96.2 Å². The minimum absolute atomic E-state index is 0.172. The maximum absolute atomic E-state index is 13.2. The average Bonchev–Trinajstić information content (AvgIpc) is 2.99. The molecule has 0 saturated carbocycles. The van der Waals surface area contributed by atoms with Gasteiger partial charge in [-0.1, -0.05) is 35.3 Å². The van der Waals surface area contributed by atoms with Crippen LogP contribution < -0.4 is 16.3 Å². The van der Waals surface area contributed by atoms with Crippen LogP contribution in [0, 0.1) is 6.92 Å². The molecule has 156 valence electrons. The van der Waals surface area contributed by atoms with E-state index in [-0.39, 0.29) is 11.1 Å². The van der Waals surface area contributed by atoms with Crippen molar-refractivity contribution in [2.45, 2.75) is 13.8 Å². The maximum Gasteiger partial charge on any atom is 0.333 e. The number of carbonyl (C=O) groups is 1. The Bertz CT molecular complexity index is 1400. The quantitative estimate of drug-likeness (QED) is 0.607. The lowest BCUT2D eigenvalue weighted by Crippen LogP contribution is -2.36. The molecule has 1 aliphatic heterocycles. The van der Waals surface area contributed by atoms with E-state index < -0.39 is 17.2 Å². The Kier molecular flexibility index (Phi) is 5.39. The number of carbonyl (C=O) groups excluding carboxylic acids is 1. The molecule has 0 fully saturated rings. The molecule has 2 aromatic carbocycles. The van der Waals surface area contributed by atoms with Gasteiger partial charge < -0.3 is 4.98 Å². The van der Waals surface area contributed by atoms with Crippen molar-refractivity contribution in [1.82, 2.24) is 9.55 Å². The third-order valence-electron chi connectivity index (χ3n) is 4.81. The Morgan fingerprint density at radius 2 is 1.55 bits per heavy atom. The zero-order valence-electron chi connectivity index (χ0n) is 16.5. The van der Waals surface area contributed by atoms with E-state index in [2.05, 4.69) is 10.1 Å². The average molecular weight is 455 g/mol. The number of nitrogens with zero attached hydrogens (tertiary/aromatic N) is 3. The van der Waals surface area contributed by atoms with Gasteiger partial charge in [-0.3, -0.25) is 9.59 Å². The molecule has 0 spiro atoms. The number of H-pyrrole nitrogens is 1. The number of hydrazone groups is 1. The zero-order chi connectivity index (χ0) is 22.3. The van der Waals surface area contributed by atoms with Gasteiger partial charge in [0, 0.05) is 15.7 Å². The molecular formula is C22H16Cl2N4O3. The highest BCUT2D eigenvalue weighted by Gasteiger charge is 2.29. The fourth-order valence-corrected chi connectivity index (χ4v) is 3.66. The molecule has 2 heterocycles. The predicted molar refractivity (Wildman–Crippen MR) is 122 cm³/mol. The first kappa shape index (κ1) is 20.8. The minimum Gasteiger partial charge on any atom is -0.310 e. The summed E-state index contributed by atoms with van der Waals surface area (Å²) in [4.78, 5) is 41.4. The lowest BCUT2D eigenvalue weighted by atomic mass is 10.1. The van der Waals surface area contributed by atoms with E-state index >= 15 is 0 Å². The van der Waals surface area contributed by atoms with Crippen molar-refractivity contribution in [3.63, 3.8) is 0 Å². The first-order chi connectivity index (χ1) is 14.8. The number of nitrogens with one attached hydrogen (secondary N) is 1. The van der Waals surface area contributed by atoms with Crippen molar-refractivity contribution in [3.8, 4) is 5.69 Å². The molecular weight excluding hydrogens is 439 g/mol. The normalized spacial score (nSPS) is 15.0. The number of rotatable bonds is 3. The van der Waals surface area contributed by atoms with Gasteiger partial charge in [0.25, 0.3) is 11.5 Å². The SMILES string of the molecule is CC1=NN(c2cccc(Cl)c2)C(=O)/C1=C\c1c(C)[nH]c(=O)n(-c2cccc(Cl)c2)c1=O. The number of aromatic nitrogens is 2. The number of benzene rings is 2. The fourth-order valence-electron chi connectivity index (χ4n) is 3.29. The summed E-state index contributed by atoms with van der Waals surface area (Å²) in [6.45, 7) is 3.27. The number of aromatic amines is 1. The molecule has 0 atom stereocenters. The molecule has 3 aromatic rings. The van der Waals surface area contributed by atoms with Gasteiger partial charge in [0.2, 0.25) is 0 Å². The molecule has 0 bridgehead atoms. The lowest BCUT2D eigenvalue weighted by Gasteiger charge is -2.12. The summed E-state index contributed by atoms with van der Waals surface area (Å²) in [6.07, 6.45) is 1.44. The van der Waals surface area contributed by atoms with Crippen molar-refractivity contribution < 1.29 is 4.79 Å². The standard InChI is InChI=1S/C22H16Cl2N4O3/c1-12-18(20(29)27(22(31)25-12)16-7-3-5-14(23)9-16)11-19-13(2)26-28(21(19)30)17-8-4-6-15(24)10-17/h3-11H,1-2H3,(H,25,31)/b19-11-.